The van der Waals surface area contributed by atoms with Crippen molar-refractivity contribution in [2.45, 2.75) is 25.7 Å². The minimum Gasteiger partial charge on any atom is -0.368 e. The normalized spacial score (nSPS) is 18.2. The average Bonchev–Trinajstić information content (AvgIpc) is 2.81. The van der Waals surface area contributed by atoms with Crippen LogP contribution in [0.15, 0.2) is 11.1 Å². The van der Waals surface area contributed by atoms with Gasteiger partial charge in [0.15, 0.2) is 5.82 Å². The number of nitrogens with zero attached hydrogens (tertiary/aromatic N) is 1. The highest BCUT2D eigenvalue weighted by molar-refractivity contribution is 6.32. The minimum absolute atomic E-state index is 0.107. The highest BCUT2D eigenvalue weighted by Crippen LogP contribution is 2.39. The predicted octanol–water partition coefficient (Wildman–Crippen LogP) is 2.63. The Balaban J connectivity index is 2.06. The molecule has 0 bridgehead atoms. The second kappa shape index (κ2) is 5.27. The summed E-state index contributed by atoms with van der Waals surface area (Å²) < 4.78 is 0. The predicted molar refractivity (Wildman–Crippen MR) is 70.0 cm³/mol. The molecular weight excluding hydrogens is 261 g/mol. The molecule has 0 aromatic carbocycles. The fraction of sp³-hybridized carbons (Fsp3) is 0.636. The Morgan fingerprint density at radius 2 is 2.18 bits per heavy atom. The molecule has 0 saturated heterocycles. The number of nitrogens with one attached hydrogen (secondary N) is 2. The Morgan fingerprint density at radius 1 is 1.47 bits per heavy atom. The number of anilines is 1. The van der Waals surface area contributed by atoms with Crippen LogP contribution in [0, 0.1) is 5.41 Å². The lowest BCUT2D eigenvalue weighted by molar-refractivity contribution is 0.368. The van der Waals surface area contributed by atoms with Crippen molar-refractivity contribution < 1.29 is 0 Å². The summed E-state index contributed by atoms with van der Waals surface area (Å²) in [5, 5.41) is 3.25. The van der Waals surface area contributed by atoms with Crippen molar-refractivity contribution in [1.29, 1.82) is 0 Å². The van der Waals surface area contributed by atoms with Crippen molar-refractivity contribution in [3.63, 3.8) is 0 Å². The summed E-state index contributed by atoms with van der Waals surface area (Å²) in [6.45, 7) is 0.715. The molecule has 0 aliphatic heterocycles. The zero-order valence-electron chi connectivity index (χ0n) is 9.43. The Kier molecular flexibility index (Phi) is 3.94. The van der Waals surface area contributed by atoms with Crippen molar-refractivity contribution >= 4 is 29.0 Å². The summed E-state index contributed by atoms with van der Waals surface area (Å²) in [5.74, 6) is 1.06. The van der Waals surface area contributed by atoms with Crippen LogP contribution in [0.4, 0.5) is 5.82 Å². The Hall–Kier alpha value is -0.740. The number of halogens is 2. The van der Waals surface area contributed by atoms with Crippen molar-refractivity contribution in [1.82, 2.24) is 9.97 Å². The highest BCUT2D eigenvalue weighted by atomic mass is 35.5. The fourth-order valence-electron chi connectivity index (χ4n) is 2.26. The molecule has 1 fully saturated rings. The number of H-pyrrole nitrogens is 1. The maximum Gasteiger partial charge on any atom is 0.271 e. The molecule has 1 aliphatic rings. The largest absolute Gasteiger partial charge is 0.368 e. The molecular formula is C11H15Cl2N3O. The third kappa shape index (κ3) is 2.75. The van der Waals surface area contributed by atoms with Crippen molar-refractivity contribution in [3.8, 4) is 0 Å². The Labute approximate surface area is 110 Å². The first kappa shape index (κ1) is 12.7. The Morgan fingerprint density at radius 3 is 2.82 bits per heavy atom. The third-order valence-electron chi connectivity index (χ3n) is 3.38. The van der Waals surface area contributed by atoms with E-state index in [2.05, 4.69) is 15.3 Å². The van der Waals surface area contributed by atoms with Crippen molar-refractivity contribution in [3.05, 3.63) is 21.7 Å². The molecule has 94 valence electrons. The van der Waals surface area contributed by atoms with E-state index in [4.69, 9.17) is 23.2 Å². The van der Waals surface area contributed by atoms with E-state index < -0.39 is 0 Å². The smallest absolute Gasteiger partial charge is 0.271 e. The number of hydrogen-bond acceptors (Lipinski definition) is 3. The standard InChI is InChI=1S/C11H15Cl2N3O/c12-5-11(3-1-2-4-11)6-14-9-8(13)10(17)16-7-15-9/h7H,1-6H2,(H2,14,15,16,17). The van der Waals surface area contributed by atoms with E-state index in [0.29, 0.717) is 18.2 Å². The van der Waals surface area contributed by atoms with Gasteiger partial charge in [-0.2, -0.15) is 0 Å². The van der Waals surface area contributed by atoms with Crippen LogP contribution in [0.1, 0.15) is 25.7 Å². The van der Waals surface area contributed by atoms with Gasteiger partial charge in [0.25, 0.3) is 5.56 Å². The van der Waals surface area contributed by atoms with Crippen LogP contribution in [-0.4, -0.2) is 22.4 Å². The van der Waals surface area contributed by atoms with Gasteiger partial charge < -0.3 is 10.3 Å². The summed E-state index contributed by atoms with van der Waals surface area (Å²) in [5.41, 5.74) is -0.203. The van der Waals surface area contributed by atoms with Crippen LogP contribution >= 0.6 is 23.2 Å². The van der Waals surface area contributed by atoms with Crippen LogP contribution in [0.25, 0.3) is 0 Å². The van der Waals surface area contributed by atoms with Gasteiger partial charge in [-0.15, -0.1) is 11.6 Å². The lowest BCUT2D eigenvalue weighted by atomic mass is 9.88. The molecule has 2 rings (SSSR count). The first-order valence-electron chi connectivity index (χ1n) is 5.70. The second-order valence-electron chi connectivity index (χ2n) is 4.59. The molecule has 0 atom stereocenters. The van der Waals surface area contributed by atoms with Crippen LogP contribution in [-0.2, 0) is 0 Å². The summed E-state index contributed by atoms with van der Waals surface area (Å²) in [6.07, 6.45) is 6.00. The summed E-state index contributed by atoms with van der Waals surface area (Å²) in [4.78, 5) is 17.7. The van der Waals surface area contributed by atoms with Crippen LogP contribution in [0.5, 0.6) is 0 Å². The van der Waals surface area contributed by atoms with E-state index >= 15 is 0 Å². The number of rotatable bonds is 4. The zero-order chi connectivity index (χ0) is 12.3. The molecule has 1 aliphatic carbocycles. The highest BCUT2D eigenvalue weighted by Gasteiger charge is 2.33. The van der Waals surface area contributed by atoms with E-state index in [-0.39, 0.29) is 16.0 Å². The maximum atomic E-state index is 11.3. The summed E-state index contributed by atoms with van der Waals surface area (Å²) in [7, 11) is 0. The van der Waals surface area contributed by atoms with Gasteiger partial charge in [0.05, 0.1) is 6.33 Å². The van der Waals surface area contributed by atoms with Gasteiger partial charge in [0.1, 0.15) is 5.02 Å². The molecule has 0 unspecified atom stereocenters. The quantitative estimate of drug-likeness (QED) is 0.831. The summed E-state index contributed by atoms with van der Waals surface area (Å²) in [6, 6.07) is 0. The molecule has 2 N–H and O–H groups in total. The molecule has 17 heavy (non-hydrogen) atoms. The summed E-state index contributed by atoms with van der Waals surface area (Å²) >= 11 is 11.9. The Bertz CT molecular complexity index is 441. The van der Waals surface area contributed by atoms with Crippen molar-refractivity contribution in [2.75, 3.05) is 17.7 Å². The SMILES string of the molecule is O=c1[nH]cnc(NCC2(CCl)CCCC2)c1Cl. The van der Waals surface area contributed by atoms with E-state index in [1.165, 1.54) is 19.2 Å². The lowest BCUT2D eigenvalue weighted by Crippen LogP contribution is -2.29. The van der Waals surface area contributed by atoms with Crippen molar-refractivity contribution in [2.24, 2.45) is 5.41 Å². The fourth-order valence-corrected chi connectivity index (χ4v) is 2.79. The molecule has 1 saturated carbocycles. The van der Waals surface area contributed by atoms with Gasteiger partial charge >= 0.3 is 0 Å². The minimum atomic E-state index is -0.324. The number of hydrogen-bond donors (Lipinski definition) is 2. The third-order valence-corrected chi connectivity index (χ3v) is 4.29. The van der Waals surface area contributed by atoms with Crippen LogP contribution in [0.2, 0.25) is 5.02 Å². The van der Waals surface area contributed by atoms with Gasteiger partial charge in [-0.1, -0.05) is 24.4 Å². The van der Waals surface area contributed by atoms with Gasteiger partial charge in [-0.25, -0.2) is 4.98 Å². The lowest BCUT2D eigenvalue weighted by Gasteiger charge is -2.26. The topological polar surface area (TPSA) is 57.8 Å². The molecule has 0 spiro atoms. The second-order valence-corrected chi connectivity index (χ2v) is 5.23. The zero-order valence-corrected chi connectivity index (χ0v) is 10.9. The van der Waals surface area contributed by atoms with Crippen LogP contribution in [0.3, 0.4) is 0 Å². The monoisotopic (exact) mass is 275 g/mol. The first-order valence-corrected chi connectivity index (χ1v) is 6.61. The average molecular weight is 276 g/mol. The van der Waals surface area contributed by atoms with E-state index in [9.17, 15) is 4.79 Å². The first-order chi connectivity index (χ1) is 8.17. The molecule has 1 heterocycles. The van der Waals surface area contributed by atoms with E-state index in [1.54, 1.807) is 0 Å². The van der Waals surface area contributed by atoms with Gasteiger partial charge in [0, 0.05) is 17.8 Å². The molecule has 4 nitrogen and oxygen atoms in total. The molecule has 0 amide bonds. The maximum absolute atomic E-state index is 11.3. The number of aromatic amines is 1. The molecule has 1 aromatic heterocycles. The van der Waals surface area contributed by atoms with Gasteiger partial charge in [0.2, 0.25) is 0 Å². The van der Waals surface area contributed by atoms with Crippen LogP contribution < -0.4 is 10.9 Å². The molecule has 1 aromatic rings. The van der Waals surface area contributed by atoms with Gasteiger partial charge in [-0.3, -0.25) is 4.79 Å². The van der Waals surface area contributed by atoms with Gasteiger partial charge in [-0.05, 0) is 12.8 Å². The molecule has 6 heteroatoms. The molecule has 0 radical (unpaired) electrons. The van der Waals surface area contributed by atoms with E-state index in [0.717, 1.165) is 12.8 Å². The number of aromatic nitrogens is 2. The van der Waals surface area contributed by atoms with E-state index in [1.807, 2.05) is 0 Å². The number of alkyl halides is 1.